The van der Waals surface area contributed by atoms with Crippen LogP contribution in [0.25, 0.3) is 10.9 Å². The number of hydrogen-bond donors (Lipinski definition) is 1. The molecule has 1 aliphatic heterocycles. The third-order valence-electron chi connectivity index (χ3n) is 5.84. The molecule has 11 nitrogen and oxygen atoms in total. The van der Waals surface area contributed by atoms with Crippen molar-refractivity contribution in [3.05, 3.63) is 17.4 Å². The van der Waals surface area contributed by atoms with Crippen molar-refractivity contribution in [1.29, 1.82) is 0 Å². The van der Waals surface area contributed by atoms with E-state index in [1.165, 1.54) is 25.5 Å². The summed E-state index contributed by atoms with van der Waals surface area (Å²) in [6.07, 6.45) is 2.13. The number of fused-ring (bicyclic) bond motifs is 1. The molecule has 2 fully saturated rings. The van der Waals surface area contributed by atoms with E-state index >= 15 is 0 Å². The largest absolute Gasteiger partial charge is 0.463 e. The Balaban J connectivity index is 1.71. The summed E-state index contributed by atoms with van der Waals surface area (Å²) in [6, 6.07) is 1.94. The van der Waals surface area contributed by atoms with Gasteiger partial charge in [-0.2, -0.15) is 5.10 Å². The van der Waals surface area contributed by atoms with Crippen molar-refractivity contribution in [2.24, 2.45) is 0 Å². The molecule has 34 heavy (non-hydrogen) atoms. The van der Waals surface area contributed by atoms with Crippen LogP contribution in [0.1, 0.15) is 52.7 Å². The molecule has 0 amide bonds. The van der Waals surface area contributed by atoms with Crippen LogP contribution in [-0.2, 0) is 33.3 Å². The SMILES string of the molecule is CC(=O)OC[C@H]1O[C@@H](n2ncc3c(NC4CCCC4)nc(Cl)cc32)[C@H](OC(C)=O)[C@@H]1OC(C)=O. The lowest BCUT2D eigenvalue weighted by atomic mass is 10.1. The number of carbonyl (C=O) groups excluding carboxylic acids is 3. The van der Waals surface area contributed by atoms with Crippen LogP contribution in [0.3, 0.4) is 0 Å². The van der Waals surface area contributed by atoms with Gasteiger partial charge in [-0.15, -0.1) is 0 Å². The average Bonchev–Trinajstić information content (AvgIpc) is 3.46. The van der Waals surface area contributed by atoms with Gasteiger partial charge in [0.2, 0.25) is 0 Å². The Hall–Kier alpha value is -2.92. The highest BCUT2D eigenvalue weighted by Crippen LogP contribution is 2.37. The van der Waals surface area contributed by atoms with E-state index in [1.54, 1.807) is 12.3 Å². The minimum Gasteiger partial charge on any atom is -0.463 e. The van der Waals surface area contributed by atoms with E-state index in [1.807, 2.05) is 0 Å². The van der Waals surface area contributed by atoms with Crippen molar-refractivity contribution in [2.75, 3.05) is 11.9 Å². The van der Waals surface area contributed by atoms with E-state index in [-0.39, 0.29) is 11.8 Å². The minimum atomic E-state index is -1.04. The van der Waals surface area contributed by atoms with Crippen LogP contribution in [0.2, 0.25) is 5.15 Å². The van der Waals surface area contributed by atoms with Crippen LogP contribution in [0, 0.1) is 0 Å². The van der Waals surface area contributed by atoms with Crippen molar-refractivity contribution < 1.29 is 33.3 Å². The van der Waals surface area contributed by atoms with E-state index < -0.39 is 42.4 Å². The van der Waals surface area contributed by atoms with Crippen molar-refractivity contribution >= 4 is 46.2 Å². The van der Waals surface area contributed by atoms with E-state index in [9.17, 15) is 14.4 Å². The number of pyridine rings is 1. The van der Waals surface area contributed by atoms with Gasteiger partial charge in [0.15, 0.2) is 18.4 Å². The second-order valence-electron chi connectivity index (χ2n) is 8.46. The number of anilines is 1. The van der Waals surface area contributed by atoms with E-state index in [4.69, 9.17) is 30.5 Å². The fourth-order valence-corrected chi connectivity index (χ4v) is 4.66. The maximum absolute atomic E-state index is 11.9. The molecule has 0 aromatic carbocycles. The monoisotopic (exact) mass is 494 g/mol. The van der Waals surface area contributed by atoms with Gasteiger partial charge >= 0.3 is 17.9 Å². The first-order valence-electron chi connectivity index (χ1n) is 11.2. The molecule has 1 saturated carbocycles. The number of hydrogen-bond acceptors (Lipinski definition) is 10. The Bertz CT molecular complexity index is 1080. The van der Waals surface area contributed by atoms with Gasteiger partial charge in [-0.05, 0) is 12.8 Å². The van der Waals surface area contributed by atoms with Crippen molar-refractivity contribution in [1.82, 2.24) is 14.8 Å². The number of nitrogens with zero attached hydrogens (tertiary/aromatic N) is 3. The Morgan fingerprint density at radius 1 is 1.12 bits per heavy atom. The predicted octanol–water partition coefficient (Wildman–Crippen LogP) is 2.76. The maximum Gasteiger partial charge on any atom is 0.303 e. The Morgan fingerprint density at radius 2 is 1.79 bits per heavy atom. The first kappa shape index (κ1) is 24.2. The van der Waals surface area contributed by atoms with Gasteiger partial charge in [0.1, 0.15) is 23.7 Å². The Kier molecular flexibility index (Phi) is 7.22. The average molecular weight is 495 g/mol. The lowest BCUT2D eigenvalue weighted by Gasteiger charge is -2.23. The molecule has 184 valence electrons. The number of nitrogens with one attached hydrogen (secondary N) is 1. The molecular formula is C22H27ClN4O7. The predicted molar refractivity (Wildman–Crippen MR) is 120 cm³/mol. The van der Waals surface area contributed by atoms with Gasteiger partial charge in [0, 0.05) is 32.9 Å². The molecule has 3 heterocycles. The molecule has 1 aliphatic carbocycles. The van der Waals surface area contributed by atoms with Crippen LogP contribution < -0.4 is 5.32 Å². The zero-order chi connectivity index (χ0) is 24.4. The first-order valence-corrected chi connectivity index (χ1v) is 11.5. The number of aromatic nitrogens is 3. The standard InChI is InChI=1S/C22H27ClN4O7/c1-11(28)31-10-17-19(32-12(2)29)20(33-13(3)30)22(34-17)27-16-8-18(23)26-21(15(16)9-24-27)25-14-6-4-5-7-14/h8-9,14,17,19-20,22H,4-7,10H2,1-3H3,(H,25,26)/t17-,19-,20-,22-/m1/s1. The maximum atomic E-state index is 11.9. The number of ether oxygens (including phenoxy) is 4. The lowest BCUT2D eigenvalue weighted by Crippen LogP contribution is -2.40. The Labute approximate surface area is 201 Å². The van der Waals surface area contributed by atoms with Gasteiger partial charge in [-0.1, -0.05) is 24.4 Å². The number of rotatable bonds is 7. The quantitative estimate of drug-likeness (QED) is 0.348. The van der Waals surface area contributed by atoms with Crippen molar-refractivity contribution in [2.45, 2.75) is 77.0 Å². The summed E-state index contributed by atoms with van der Waals surface area (Å²) in [7, 11) is 0. The normalized spacial score (nSPS) is 24.8. The van der Waals surface area contributed by atoms with Crippen molar-refractivity contribution in [3.8, 4) is 0 Å². The summed E-state index contributed by atoms with van der Waals surface area (Å²) >= 11 is 6.33. The van der Waals surface area contributed by atoms with E-state index in [0.29, 0.717) is 22.8 Å². The van der Waals surface area contributed by atoms with E-state index in [0.717, 1.165) is 25.7 Å². The molecule has 4 rings (SSSR count). The van der Waals surface area contributed by atoms with Gasteiger partial charge in [0.05, 0.1) is 17.1 Å². The summed E-state index contributed by atoms with van der Waals surface area (Å²) in [5.41, 5.74) is 0.595. The summed E-state index contributed by atoms with van der Waals surface area (Å²) in [5, 5.41) is 8.89. The van der Waals surface area contributed by atoms with Crippen LogP contribution in [0.15, 0.2) is 12.3 Å². The second-order valence-corrected chi connectivity index (χ2v) is 8.84. The first-order chi connectivity index (χ1) is 16.2. The molecule has 0 spiro atoms. The lowest BCUT2D eigenvalue weighted by molar-refractivity contribution is -0.166. The number of carbonyl (C=O) groups is 3. The van der Waals surface area contributed by atoms with Crippen molar-refractivity contribution in [3.63, 3.8) is 0 Å². The molecule has 12 heteroatoms. The second kappa shape index (κ2) is 10.1. The summed E-state index contributed by atoms with van der Waals surface area (Å²) in [6.45, 7) is 3.53. The molecule has 0 unspecified atom stereocenters. The van der Waals surface area contributed by atoms with Gasteiger partial charge < -0.3 is 24.3 Å². The molecule has 0 bridgehead atoms. The minimum absolute atomic E-state index is 0.197. The summed E-state index contributed by atoms with van der Waals surface area (Å²) < 4.78 is 23.6. The molecule has 1 N–H and O–H groups in total. The molecular weight excluding hydrogens is 468 g/mol. The molecule has 2 aromatic rings. The molecule has 2 aromatic heterocycles. The summed E-state index contributed by atoms with van der Waals surface area (Å²) in [5.74, 6) is -1.11. The van der Waals surface area contributed by atoms with Crippen LogP contribution in [0.5, 0.6) is 0 Å². The topological polar surface area (TPSA) is 131 Å². The van der Waals surface area contributed by atoms with Crippen LogP contribution in [0.4, 0.5) is 5.82 Å². The van der Waals surface area contributed by atoms with Crippen LogP contribution >= 0.6 is 11.6 Å². The molecule has 2 aliphatic rings. The highest BCUT2D eigenvalue weighted by molar-refractivity contribution is 6.30. The number of esters is 3. The van der Waals surface area contributed by atoms with Gasteiger partial charge in [-0.3, -0.25) is 14.4 Å². The smallest absolute Gasteiger partial charge is 0.303 e. The van der Waals surface area contributed by atoms with Gasteiger partial charge in [0.25, 0.3) is 0 Å². The van der Waals surface area contributed by atoms with Gasteiger partial charge in [-0.25, -0.2) is 9.67 Å². The highest BCUT2D eigenvalue weighted by atomic mass is 35.5. The molecule has 4 atom stereocenters. The highest BCUT2D eigenvalue weighted by Gasteiger charge is 2.51. The fraction of sp³-hybridized carbons (Fsp3) is 0.591. The summed E-state index contributed by atoms with van der Waals surface area (Å²) in [4.78, 5) is 39.5. The Morgan fingerprint density at radius 3 is 2.44 bits per heavy atom. The number of halogens is 1. The fourth-order valence-electron chi connectivity index (χ4n) is 4.48. The third-order valence-corrected chi connectivity index (χ3v) is 6.03. The van der Waals surface area contributed by atoms with E-state index in [2.05, 4.69) is 15.4 Å². The molecule has 0 radical (unpaired) electrons. The zero-order valence-corrected chi connectivity index (χ0v) is 19.9. The zero-order valence-electron chi connectivity index (χ0n) is 19.2. The molecule has 1 saturated heterocycles. The third kappa shape index (κ3) is 5.25. The van der Waals surface area contributed by atoms with Crippen LogP contribution in [-0.4, -0.2) is 63.6 Å².